The lowest BCUT2D eigenvalue weighted by Gasteiger charge is -2.32. The zero-order valence-corrected chi connectivity index (χ0v) is 14.5. The van der Waals surface area contributed by atoms with Crippen LogP contribution in [0, 0.1) is 0 Å². The van der Waals surface area contributed by atoms with Gasteiger partial charge in [-0.2, -0.15) is 5.10 Å². The van der Waals surface area contributed by atoms with Crippen LogP contribution in [0.5, 0.6) is 5.75 Å². The molecule has 26 heavy (non-hydrogen) atoms. The van der Waals surface area contributed by atoms with Crippen molar-refractivity contribution >= 4 is 16.8 Å². The third kappa shape index (κ3) is 2.85. The first-order valence-electron chi connectivity index (χ1n) is 8.65. The van der Waals surface area contributed by atoms with Gasteiger partial charge in [0.25, 0.3) is 5.91 Å². The first-order valence-corrected chi connectivity index (χ1v) is 8.65. The Morgan fingerprint density at radius 2 is 2.23 bits per heavy atom. The summed E-state index contributed by atoms with van der Waals surface area (Å²) < 4.78 is 5.19. The summed E-state index contributed by atoms with van der Waals surface area (Å²) in [5.41, 5.74) is 1.60. The van der Waals surface area contributed by atoms with Crippen LogP contribution in [0.2, 0.25) is 0 Å². The fourth-order valence-corrected chi connectivity index (χ4v) is 3.56. The van der Waals surface area contributed by atoms with Crippen LogP contribution in [0.3, 0.4) is 0 Å². The summed E-state index contributed by atoms with van der Waals surface area (Å²) in [5, 5.41) is 7.44. The molecular weight excluding hydrogens is 332 g/mol. The number of hydrogen-bond acceptors (Lipinski definition) is 4. The third-order valence-electron chi connectivity index (χ3n) is 4.99. The zero-order valence-electron chi connectivity index (χ0n) is 14.5. The number of aromatic nitrogens is 3. The summed E-state index contributed by atoms with van der Waals surface area (Å²) >= 11 is 0. The number of pyridine rings is 1. The summed E-state index contributed by atoms with van der Waals surface area (Å²) in [4.78, 5) is 30.6. The van der Waals surface area contributed by atoms with Crippen molar-refractivity contribution in [3.8, 4) is 5.75 Å². The number of benzene rings is 1. The van der Waals surface area contributed by atoms with Crippen molar-refractivity contribution in [1.82, 2.24) is 20.1 Å². The molecule has 7 heteroatoms. The quantitative estimate of drug-likeness (QED) is 0.756. The molecule has 0 unspecified atom stereocenters. The maximum atomic E-state index is 13.0. The molecule has 134 valence electrons. The van der Waals surface area contributed by atoms with Gasteiger partial charge in [-0.3, -0.25) is 14.7 Å². The van der Waals surface area contributed by atoms with Gasteiger partial charge in [0.05, 0.1) is 7.11 Å². The zero-order chi connectivity index (χ0) is 18.1. The lowest BCUT2D eigenvalue weighted by atomic mass is 9.94. The fraction of sp³-hybridized carbons (Fsp3) is 0.316. The van der Waals surface area contributed by atoms with Crippen LogP contribution in [0.4, 0.5) is 0 Å². The number of carbonyl (C=O) groups excluding carboxylic acids is 1. The van der Waals surface area contributed by atoms with Crippen molar-refractivity contribution in [3.63, 3.8) is 0 Å². The highest BCUT2D eigenvalue weighted by atomic mass is 16.5. The monoisotopic (exact) mass is 352 g/mol. The molecule has 1 atom stereocenters. The number of nitrogens with one attached hydrogen (secondary N) is 2. The summed E-state index contributed by atoms with van der Waals surface area (Å²) in [6.45, 7) is 1.23. The van der Waals surface area contributed by atoms with E-state index in [4.69, 9.17) is 4.74 Å². The van der Waals surface area contributed by atoms with E-state index in [1.807, 2.05) is 6.07 Å². The molecule has 0 bridgehead atoms. The van der Waals surface area contributed by atoms with Gasteiger partial charge in [0.2, 0.25) is 5.43 Å². The molecule has 2 aromatic heterocycles. The molecule has 3 aromatic rings. The molecule has 3 heterocycles. The van der Waals surface area contributed by atoms with Crippen molar-refractivity contribution in [2.75, 3.05) is 20.2 Å². The lowest BCUT2D eigenvalue weighted by Crippen LogP contribution is -2.41. The van der Waals surface area contributed by atoms with Crippen molar-refractivity contribution in [2.45, 2.75) is 18.8 Å². The molecule has 0 radical (unpaired) electrons. The Labute approximate surface area is 150 Å². The van der Waals surface area contributed by atoms with Crippen molar-refractivity contribution in [1.29, 1.82) is 0 Å². The molecule has 1 amide bonds. The second-order valence-corrected chi connectivity index (χ2v) is 6.55. The highest BCUT2D eigenvalue weighted by Crippen LogP contribution is 2.26. The number of likely N-dealkylation sites (tertiary alicyclic amines) is 1. The minimum absolute atomic E-state index is 0.163. The molecule has 7 nitrogen and oxygen atoms in total. The number of aromatic amines is 2. The van der Waals surface area contributed by atoms with Crippen LogP contribution in [0.25, 0.3) is 10.9 Å². The number of hydrogen-bond donors (Lipinski definition) is 2. The summed E-state index contributed by atoms with van der Waals surface area (Å²) in [7, 11) is 1.55. The minimum Gasteiger partial charge on any atom is -0.497 e. The molecule has 1 aliphatic heterocycles. The van der Waals surface area contributed by atoms with E-state index >= 15 is 0 Å². The Bertz CT molecular complexity index is 994. The summed E-state index contributed by atoms with van der Waals surface area (Å²) in [6, 6.07) is 7.15. The SMILES string of the molecule is COc1ccc2[nH]cc(C(=O)N3CCC[C@@H](c4ccn[nH]4)C3)c(=O)c2c1. The van der Waals surface area contributed by atoms with E-state index in [0.29, 0.717) is 29.7 Å². The van der Waals surface area contributed by atoms with Crippen LogP contribution in [0.1, 0.15) is 34.8 Å². The third-order valence-corrected chi connectivity index (χ3v) is 4.99. The topological polar surface area (TPSA) is 91.1 Å². The van der Waals surface area contributed by atoms with Gasteiger partial charge < -0.3 is 14.6 Å². The maximum absolute atomic E-state index is 13.0. The number of fused-ring (bicyclic) bond motifs is 1. The van der Waals surface area contributed by atoms with Gasteiger partial charge in [-0.1, -0.05) is 0 Å². The molecular formula is C19H20N4O3. The molecule has 4 rings (SSSR count). The largest absolute Gasteiger partial charge is 0.497 e. The number of carbonyl (C=O) groups is 1. The van der Waals surface area contributed by atoms with Gasteiger partial charge in [0.15, 0.2) is 0 Å². The maximum Gasteiger partial charge on any atom is 0.259 e. The molecule has 0 saturated carbocycles. The Balaban J connectivity index is 1.65. The Morgan fingerprint density at radius 1 is 1.35 bits per heavy atom. The van der Waals surface area contributed by atoms with Gasteiger partial charge in [0, 0.05) is 48.0 Å². The van der Waals surface area contributed by atoms with Gasteiger partial charge in [-0.25, -0.2) is 0 Å². The Hall–Kier alpha value is -3.09. The average molecular weight is 352 g/mol. The van der Waals surface area contributed by atoms with Crippen LogP contribution < -0.4 is 10.2 Å². The highest BCUT2D eigenvalue weighted by molar-refractivity contribution is 5.97. The Kier molecular flexibility index (Phi) is 4.20. The second kappa shape index (κ2) is 6.67. The minimum atomic E-state index is -0.272. The van der Waals surface area contributed by atoms with E-state index in [2.05, 4.69) is 15.2 Å². The van der Waals surface area contributed by atoms with Crippen LogP contribution in [-0.4, -0.2) is 46.2 Å². The smallest absolute Gasteiger partial charge is 0.259 e. The van der Waals surface area contributed by atoms with E-state index in [0.717, 1.165) is 18.5 Å². The number of H-pyrrole nitrogens is 2. The highest BCUT2D eigenvalue weighted by Gasteiger charge is 2.27. The lowest BCUT2D eigenvalue weighted by molar-refractivity contribution is 0.0704. The first kappa shape index (κ1) is 16.4. The number of nitrogens with zero attached hydrogens (tertiary/aromatic N) is 2. The van der Waals surface area contributed by atoms with E-state index in [9.17, 15) is 9.59 Å². The molecule has 2 N–H and O–H groups in total. The number of ether oxygens (including phenoxy) is 1. The van der Waals surface area contributed by atoms with Crippen molar-refractivity contribution in [3.05, 3.63) is 58.1 Å². The molecule has 1 saturated heterocycles. The molecule has 1 fully saturated rings. The van der Waals surface area contributed by atoms with Crippen molar-refractivity contribution < 1.29 is 9.53 Å². The van der Waals surface area contributed by atoms with Crippen LogP contribution >= 0.6 is 0 Å². The summed E-state index contributed by atoms with van der Waals surface area (Å²) in [6.07, 6.45) is 5.13. The molecule has 1 aromatic carbocycles. The van der Waals surface area contributed by atoms with E-state index in [1.54, 1.807) is 36.4 Å². The number of amides is 1. The average Bonchev–Trinajstić information content (AvgIpc) is 3.23. The number of rotatable bonds is 3. The number of methoxy groups -OCH3 is 1. The standard InChI is InChI=1S/C19H20N4O3/c1-26-13-4-5-17-14(9-13)18(24)15(10-20-17)19(25)23-8-2-3-12(11-23)16-6-7-21-22-16/h4-7,9-10,12H,2-3,8,11H2,1H3,(H,20,24)(H,21,22)/t12-/m1/s1. The van der Waals surface area contributed by atoms with Gasteiger partial charge in [0.1, 0.15) is 11.3 Å². The van der Waals surface area contributed by atoms with Gasteiger partial charge in [-0.05, 0) is 37.1 Å². The van der Waals surface area contributed by atoms with Gasteiger partial charge >= 0.3 is 0 Å². The predicted molar refractivity (Wildman–Crippen MR) is 97.6 cm³/mol. The van der Waals surface area contributed by atoms with Crippen LogP contribution in [-0.2, 0) is 0 Å². The second-order valence-electron chi connectivity index (χ2n) is 6.55. The molecule has 1 aliphatic rings. The fourth-order valence-electron chi connectivity index (χ4n) is 3.56. The van der Waals surface area contributed by atoms with E-state index < -0.39 is 0 Å². The summed E-state index contributed by atoms with van der Waals surface area (Å²) in [5.74, 6) is 0.569. The van der Waals surface area contributed by atoms with Crippen molar-refractivity contribution in [2.24, 2.45) is 0 Å². The first-order chi connectivity index (χ1) is 12.7. The number of piperidine rings is 1. The van der Waals surface area contributed by atoms with E-state index in [1.165, 1.54) is 6.20 Å². The predicted octanol–water partition coefficient (Wildman–Crippen LogP) is 2.28. The molecule has 0 aliphatic carbocycles. The van der Waals surface area contributed by atoms with E-state index in [-0.39, 0.29) is 22.8 Å². The normalized spacial score (nSPS) is 17.4. The van der Waals surface area contributed by atoms with Crippen LogP contribution in [0.15, 0.2) is 41.5 Å². The molecule has 0 spiro atoms. The van der Waals surface area contributed by atoms with Gasteiger partial charge in [-0.15, -0.1) is 0 Å². The Morgan fingerprint density at radius 3 is 3.00 bits per heavy atom.